The Morgan fingerprint density at radius 1 is 1.31 bits per heavy atom. The summed E-state index contributed by atoms with van der Waals surface area (Å²) in [7, 11) is 0. The molecule has 2 nitrogen and oxygen atoms in total. The minimum absolute atomic E-state index is 0.224. The zero-order valence-electron chi connectivity index (χ0n) is 8.10. The molecule has 0 aliphatic rings. The van der Waals surface area contributed by atoms with E-state index < -0.39 is 0 Å². The standard InChI is InChI=1S/C10H14BrNO/c1-10(2,3)13-9-7(11)5-4-6-8(9)12/h4-6H,12H2,1-3H3. The molecule has 0 saturated heterocycles. The van der Waals surface area contributed by atoms with Gasteiger partial charge in [0.25, 0.3) is 0 Å². The molecule has 0 aliphatic heterocycles. The average molecular weight is 244 g/mol. The van der Waals surface area contributed by atoms with Crippen molar-refractivity contribution in [2.75, 3.05) is 5.73 Å². The van der Waals surface area contributed by atoms with E-state index in [0.29, 0.717) is 5.69 Å². The molecule has 3 heteroatoms. The lowest BCUT2D eigenvalue weighted by Gasteiger charge is -2.23. The van der Waals surface area contributed by atoms with Gasteiger partial charge in [0, 0.05) is 0 Å². The number of nitrogen functional groups attached to an aromatic ring is 1. The smallest absolute Gasteiger partial charge is 0.157 e. The van der Waals surface area contributed by atoms with E-state index in [1.807, 2.05) is 39.0 Å². The highest BCUT2D eigenvalue weighted by Gasteiger charge is 2.15. The monoisotopic (exact) mass is 243 g/mol. The van der Waals surface area contributed by atoms with E-state index in [0.717, 1.165) is 10.2 Å². The van der Waals surface area contributed by atoms with Crippen molar-refractivity contribution >= 4 is 21.6 Å². The average Bonchev–Trinajstić information content (AvgIpc) is 1.95. The molecule has 0 spiro atoms. The molecular formula is C10H14BrNO. The van der Waals surface area contributed by atoms with Gasteiger partial charge in [-0.15, -0.1) is 0 Å². The van der Waals surface area contributed by atoms with Crippen molar-refractivity contribution in [2.24, 2.45) is 0 Å². The van der Waals surface area contributed by atoms with Gasteiger partial charge in [0.05, 0.1) is 10.2 Å². The summed E-state index contributed by atoms with van der Waals surface area (Å²) in [5.74, 6) is 0.718. The van der Waals surface area contributed by atoms with Gasteiger partial charge in [0.1, 0.15) is 5.60 Å². The van der Waals surface area contributed by atoms with Crippen molar-refractivity contribution in [1.29, 1.82) is 0 Å². The number of halogens is 1. The topological polar surface area (TPSA) is 35.2 Å². The van der Waals surface area contributed by atoms with Crippen LogP contribution in [0.15, 0.2) is 22.7 Å². The van der Waals surface area contributed by atoms with Crippen LogP contribution < -0.4 is 10.5 Å². The van der Waals surface area contributed by atoms with Crippen molar-refractivity contribution < 1.29 is 4.74 Å². The highest BCUT2D eigenvalue weighted by molar-refractivity contribution is 9.10. The lowest BCUT2D eigenvalue weighted by molar-refractivity contribution is 0.131. The van der Waals surface area contributed by atoms with Crippen molar-refractivity contribution in [2.45, 2.75) is 26.4 Å². The molecule has 0 aromatic heterocycles. The molecule has 72 valence electrons. The van der Waals surface area contributed by atoms with Crippen LogP contribution in [0, 0.1) is 0 Å². The Bertz CT molecular complexity index is 284. The Labute approximate surface area is 87.2 Å². The first-order chi connectivity index (χ1) is 5.90. The molecule has 1 rings (SSSR count). The van der Waals surface area contributed by atoms with Gasteiger partial charge in [-0.1, -0.05) is 6.07 Å². The molecule has 13 heavy (non-hydrogen) atoms. The third-order valence-corrected chi connectivity index (χ3v) is 2.03. The van der Waals surface area contributed by atoms with Crippen LogP contribution in [-0.2, 0) is 0 Å². The highest BCUT2D eigenvalue weighted by atomic mass is 79.9. The molecular weight excluding hydrogens is 230 g/mol. The molecule has 1 aromatic carbocycles. The van der Waals surface area contributed by atoms with Gasteiger partial charge in [-0.3, -0.25) is 0 Å². The minimum atomic E-state index is -0.224. The maximum Gasteiger partial charge on any atom is 0.157 e. The van der Waals surface area contributed by atoms with Crippen molar-refractivity contribution in [3.8, 4) is 5.75 Å². The normalized spacial score (nSPS) is 11.4. The van der Waals surface area contributed by atoms with Crippen LogP contribution in [0.4, 0.5) is 5.69 Å². The summed E-state index contributed by atoms with van der Waals surface area (Å²) in [6.45, 7) is 5.98. The molecule has 0 aliphatic carbocycles. The van der Waals surface area contributed by atoms with Crippen molar-refractivity contribution in [3.05, 3.63) is 22.7 Å². The summed E-state index contributed by atoms with van der Waals surface area (Å²) in [6.07, 6.45) is 0. The number of benzene rings is 1. The van der Waals surface area contributed by atoms with E-state index in [1.165, 1.54) is 0 Å². The number of nitrogens with two attached hydrogens (primary N) is 1. The molecule has 0 amide bonds. The SMILES string of the molecule is CC(C)(C)Oc1c(N)cccc1Br. The predicted octanol–water partition coefficient (Wildman–Crippen LogP) is 3.21. The lowest BCUT2D eigenvalue weighted by atomic mass is 10.2. The fourth-order valence-corrected chi connectivity index (χ4v) is 1.40. The van der Waals surface area contributed by atoms with Gasteiger partial charge in [-0.05, 0) is 48.8 Å². The van der Waals surface area contributed by atoms with Crippen molar-refractivity contribution in [3.63, 3.8) is 0 Å². The summed E-state index contributed by atoms with van der Waals surface area (Å²) in [4.78, 5) is 0. The highest BCUT2D eigenvalue weighted by Crippen LogP contribution is 2.33. The Balaban J connectivity index is 3.00. The quantitative estimate of drug-likeness (QED) is 0.770. The fourth-order valence-electron chi connectivity index (χ4n) is 0.939. The third-order valence-electron chi connectivity index (χ3n) is 1.41. The first-order valence-corrected chi connectivity index (χ1v) is 4.92. The van der Waals surface area contributed by atoms with Gasteiger partial charge < -0.3 is 10.5 Å². The number of ether oxygens (including phenoxy) is 1. The van der Waals surface area contributed by atoms with Gasteiger partial charge >= 0.3 is 0 Å². The molecule has 0 unspecified atom stereocenters. The summed E-state index contributed by atoms with van der Waals surface area (Å²) >= 11 is 3.39. The van der Waals surface area contributed by atoms with E-state index in [4.69, 9.17) is 10.5 Å². The molecule has 1 aromatic rings. The Morgan fingerprint density at radius 3 is 2.38 bits per heavy atom. The van der Waals surface area contributed by atoms with Gasteiger partial charge in [-0.2, -0.15) is 0 Å². The summed E-state index contributed by atoms with van der Waals surface area (Å²) < 4.78 is 6.58. The van der Waals surface area contributed by atoms with E-state index in [-0.39, 0.29) is 5.60 Å². The van der Waals surface area contributed by atoms with Crippen LogP contribution in [0.3, 0.4) is 0 Å². The van der Waals surface area contributed by atoms with E-state index in [9.17, 15) is 0 Å². The molecule has 0 saturated carbocycles. The zero-order chi connectivity index (χ0) is 10.1. The Kier molecular flexibility index (Phi) is 2.86. The maximum atomic E-state index is 5.77. The number of hydrogen-bond acceptors (Lipinski definition) is 2. The minimum Gasteiger partial charge on any atom is -0.485 e. The maximum absolute atomic E-state index is 5.77. The number of anilines is 1. The van der Waals surface area contributed by atoms with Gasteiger partial charge in [0.15, 0.2) is 5.75 Å². The molecule has 2 N–H and O–H groups in total. The fraction of sp³-hybridized carbons (Fsp3) is 0.400. The summed E-state index contributed by atoms with van der Waals surface area (Å²) in [5.41, 5.74) is 6.21. The number of para-hydroxylation sites is 1. The van der Waals surface area contributed by atoms with Crippen LogP contribution in [0.1, 0.15) is 20.8 Å². The summed E-state index contributed by atoms with van der Waals surface area (Å²) in [6, 6.07) is 5.62. The van der Waals surface area contributed by atoms with Crippen LogP contribution in [0.2, 0.25) is 0 Å². The zero-order valence-corrected chi connectivity index (χ0v) is 9.68. The molecule has 0 atom stereocenters. The second-order valence-corrected chi connectivity index (χ2v) is 4.73. The first-order valence-electron chi connectivity index (χ1n) is 4.13. The van der Waals surface area contributed by atoms with E-state index >= 15 is 0 Å². The number of hydrogen-bond donors (Lipinski definition) is 1. The van der Waals surface area contributed by atoms with Crippen molar-refractivity contribution in [1.82, 2.24) is 0 Å². The van der Waals surface area contributed by atoms with Crippen LogP contribution in [0.25, 0.3) is 0 Å². The lowest BCUT2D eigenvalue weighted by Crippen LogP contribution is -2.23. The molecule has 0 bridgehead atoms. The summed E-state index contributed by atoms with van der Waals surface area (Å²) in [5, 5.41) is 0. The second kappa shape index (κ2) is 3.58. The second-order valence-electron chi connectivity index (χ2n) is 3.87. The largest absolute Gasteiger partial charge is 0.485 e. The third kappa shape index (κ3) is 2.92. The van der Waals surface area contributed by atoms with E-state index in [2.05, 4.69) is 15.9 Å². The molecule has 0 heterocycles. The van der Waals surface area contributed by atoms with Crippen LogP contribution in [0.5, 0.6) is 5.75 Å². The van der Waals surface area contributed by atoms with Crippen LogP contribution in [-0.4, -0.2) is 5.60 Å². The Hall–Kier alpha value is -0.700. The molecule has 0 fully saturated rings. The molecule has 0 radical (unpaired) electrons. The Morgan fingerprint density at radius 2 is 1.92 bits per heavy atom. The first kappa shape index (κ1) is 10.4. The van der Waals surface area contributed by atoms with Gasteiger partial charge in [-0.25, -0.2) is 0 Å². The van der Waals surface area contributed by atoms with Gasteiger partial charge in [0.2, 0.25) is 0 Å². The predicted molar refractivity (Wildman–Crippen MR) is 58.9 cm³/mol. The number of rotatable bonds is 1. The van der Waals surface area contributed by atoms with E-state index in [1.54, 1.807) is 0 Å². The van der Waals surface area contributed by atoms with Crippen LogP contribution >= 0.6 is 15.9 Å².